The SMILES string of the molecule is CC(=O)Oc1cccc2c1CC[C@@H]1[C@@H]2CC[C@]2(C)C(=O)CC[C@@H]12. The third-order valence-corrected chi connectivity index (χ3v) is 6.70. The van der Waals surface area contributed by atoms with Crippen LogP contribution >= 0.6 is 0 Å². The van der Waals surface area contributed by atoms with Gasteiger partial charge in [0, 0.05) is 18.8 Å². The summed E-state index contributed by atoms with van der Waals surface area (Å²) in [5.41, 5.74) is 2.50. The summed E-state index contributed by atoms with van der Waals surface area (Å²) in [4.78, 5) is 23.7. The van der Waals surface area contributed by atoms with Gasteiger partial charge in [0.2, 0.25) is 0 Å². The van der Waals surface area contributed by atoms with Gasteiger partial charge in [0.15, 0.2) is 0 Å². The molecule has 0 N–H and O–H groups in total. The van der Waals surface area contributed by atoms with Gasteiger partial charge in [-0.25, -0.2) is 0 Å². The molecule has 1 aromatic carbocycles. The minimum absolute atomic E-state index is 0.0772. The van der Waals surface area contributed by atoms with E-state index in [-0.39, 0.29) is 11.4 Å². The van der Waals surface area contributed by atoms with Crippen molar-refractivity contribution in [2.24, 2.45) is 17.3 Å². The molecule has 2 saturated carbocycles. The number of ether oxygens (including phenoxy) is 1. The molecule has 0 radical (unpaired) electrons. The molecule has 0 aromatic heterocycles. The molecule has 4 atom stereocenters. The second-order valence-corrected chi connectivity index (χ2v) is 7.75. The van der Waals surface area contributed by atoms with E-state index in [1.54, 1.807) is 0 Å². The van der Waals surface area contributed by atoms with Crippen LogP contribution in [0, 0.1) is 17.3 Å². The van der Waals surface area contributed by atoms with Crippen molar-refractivity contribution in [3.8, 4) is 5.75 Å². The fraction of sp³-hybridized carbons (Fsp3) is 0.600. The predicted octanol–water partition coefficient (Wildman–Crippen LogP) is 4.04. The standard InChI is InChI=1S/C20H24O3/c1-12(21)23-18-5-3-4-13-14-10-11-20(2)17(8-9-19(20)22)15(14)6-7-16(13)18/h3-5,14-15,17H,6-11H2,1-2H3/t14-,15-,17+,20+/m1/s1. The summed E-state index contributed by atoms with van der Waals surface area (Å²) >= 11 is 0. The summed E-state index contributed by atoms with van der Waals surface area (Å²) in [6.45, 7) is 3.66. The zero-order valence-corrected chi connectivity index (χ0v) is 13.9. The Morgan fingerprint density at radius 2 is 2.04 bits per heavy atom. The van der Waals surface area contributed by atoms with Gasteiger partial charge >= 0.3 is 5.97 Å². The maximum atomic E-state index is 12.4. The van der Waals surface area contributed by atoms with Crippen molar-refractivity contribution < 1.29 is 14.3 Å². The third kappa shape index (κ3) is 2.16. The van der Waals surface area contributed by atoms with Gasteiger partial charge < -0.3 is 4.74 Å². The minimum Gasteiger partial charge on any atom is -0.426 e. The molecule has 0 unspecified atom stereocenters. The van der Waals surface area contributed by atoms with Crippen molar-refractivity contribution in [3.63, 3.8) is 0 Å². The van der Waals surface area contributed by atoms with E-state index in [1.807, 2.05) is 12.1 Å². The van der Waals surface area contributed by atoms with Crippen LogP contribution in [0.3, 0.4) is 0 Å². The molecule has 3 heteroatoms. The smallest absolute Gasteiger partial charge is 0.308 e. The fourth-order valence-corrected chi connectivity index (χ4v) is 5.61. The summed E-state index contributed by atoms with van der Waals surface area (Å²) in [5, 5.41) is 0. The zero-order valence-electron chi connectivity index (χ0n) is 13.9. The van der Waals surface area contributed by atoms with Gasteiger partial charge in [-0.05, 0) is 67.1 Å². The summed E-state index contributed by atoms with van der Waals surface area (Å²) in [6.07, 6.45) is 6.00. The number of hydrogen-bond acceptors (Lipinski definition) is 3. The number of Topliss-reactive ketones (excluding diaryl/α,β-unsaturated/α-hetero) is 1. The first-order valence-corrected chi connectivity index (χ1v) is 8.84. The largest absolute Gasteiger partial charge is 0.426 e. The Labute approximate surface area is 137 Å². The Hall–Kier alpha value is -1.64. The molecule has 2 fully saturated rings. The Bertz CT molecular complexity index is 677. The summed E-state index contributed by atoms with van der Waals surface area (Å²) in [5.74, 6) is 2.65. The number of carbonyl (C=O) groups excluding carboxylic acids is 2. The van der Waals surface area contributed by atoms with Gasteiger partial charge in [0.1, 0.15) is 11.5 Å². The van der Waals surface area contributed by atoms with E-state index >= 15 is 0 Å². The number of carbonyl (C=O) groups is 2. The van der Waals surface area contributed by atoms with Crippen LogP contribution < -0.4 is 4.74 Å². The van der Waals surface area contributed by atoms with Gasteiger partial charge in [-0.1, -0.05) is 19.1 Å². The molecule has 0 saturated heterocycles. The maximum absolute atomic E-state index is 12.4. The molecule has 0 spiro atoms. The lowest BCUT2D eigenvalue weighted by molar-refractivity contribution is -0.132. The summed E-state index contributed by atoms with van der Waals surface area (Å²) in [6, 6.07) is 6.12. The van der Waals surface area contributed by atoms with Gasteiger partial charge in [0.05, 0.1) is 0 Å². The second kappa shape index (κ2) is 5.19. The topological polar surface area (TPSA) is 43.4 Å². The molecule has 3 aliphatic carbocycles. The first kappa shape index (κ1) is 14.9. The maximum Gasteiger partial charge on any atom is 0.308 e. The Morgan fingerprint density at radius 3 is 2.83 bits per heavy atom. The van der Waals surface area contributed by atoms with Gasteiger partial charge in [0.25, 0.3) is 0 Å². The summed E-state index contributed by atoms with van der Waals surface area (Å²) < 4.78 is 5.42. The van der Waals surface area contributed by atoms with Crippen molar-refractivity contribution in [1.82, 2.24) is 0 Å². The van der Waals surface area contributed by atoms with E-state index in [0.717, 1.165) is 44.3 Å². The van der Waals surface area contributed by atoms with E-state index in [9.17, 15) is 9.59 Å². The number of rotatable bonds is 1. The zero-order chi connectivity index (χ0) is 16.2. The number of fused-ring (bicyclic) bond motifs is 5. The highest BCUT2D eigenvalue weighted by Gasteiger charge is 2.54. The third-order valence-electron chi connectivity index (χ3n) is 6.70. The molecule has 23 heavy (non-hydrogen) atoms. The highest BCUT2D eigenvalue weighted by atomic mass is 16.5. The Morgan fingerprint density at radius 1 is 1.22 bits per heavy atom. The van der Waals surface area contributed by atoms with Crippen molar-refractivity contribution in [2.75, 3.05) is 0 Å². The average molecular weight is 312 g/mol. The minimum atomic E-state index is -0.252. The predicted molar refractivity (Wildman–Crippen MR) is 87.4 cm³/mol. The van der Waals surface area contributed by atoms with E-state index in [4.69, 9.17) is 4.74 Å². The monoisotopic (exact) mass is 312 g/mol. The Balaban J connectivity index is 1.70. The van der Waals surface area contributed by atoms with Crippen LogP contribution in [0.15, 0.2) is 18.2 Å². The molecule has 0 heterocycles. The van der Waals surface area contributed by atoms with Crippen LogP contribution in [0.25, 0.3) is 0 Å². The molecular weight excluding hydrogens is 288 g/mol. The van der Waals surface area contributed by atoms with Gasteiger partial charge in [-0.2, -0.15) is 0 Å². The average Bonchev–Trinajstić information content (AvgIpc) is 2.82. The molecule has 3 aliphatic rings. The quantitative estimate of drug-likeness (QED) is 0.580. The number of ketones is 1. The molecule has 0 amide bonds. The molecule has 3 nitrogen and oxygen atoms in total. The van der Waals surface area contributed by atoms with E-state index in [2.05, 4.69) is 13.0 Å². The second-order valence-electron chi connectivity index (χ2n) is 7.75. The van der Waals surface area contributed by atoms with E-state index in [0.29, 0.717) is 23.5 Å². The molecular formula is C20H24O3. The highest BCUT2D eigenvalue weighted by molar-refractivity contribution is 5.87. The van der Waals surface area contributed by atoms with E-state index < -0.39 is 0 Å². The normalized spacial score (nSPS) is 35.2. The fourth-order valence-electron chi connectivity index (χ4n) is 5.61. The van der Waals surface area contributed by atoms with Crippen molar-refractivity contribution in [3.05, 3.63) is 29.3 Å². The number of esters is 1. The van der Waals surface area contributed by atoms with Crippen LogP contribution in [-0.2, 0) is 16.0 Å². The highest BCUT2D eigenvalue weighted by Crippen LogP contribution is 2.60. The van der Waals surface area contributed by atoms with Crippen LogP contribution in [-0.4, -0.2) is 11.8 Å². The van der Waals surface area contributed by atoms with Crippen LogP contribution in [0.1, 0.15) is 63.0 Å². The van der Waals surface area contributed by atoms with Crippen LogP contribution in [0.4, 0.5) is 0 Å². The van der Waals surface area contributed by atoms with E-state index in [1.165, 1.54) is 18.1 Å². The molecule has 0 bridgehead atoms. The first-order chi connectivity index (χ1) is 11.0. The Kier molecular flexibility index (Phi) is 3.36. The lowest BCUT2D eigenvalue weighted by Crippen LogP contribution is -2.42. The van der Waals surface area contributed by atoms with Crippen molar-refractivity contribution >= 4 is 11.8 Å². The molecule has 122 valence electrons. The van der Waals surface area contributed by atoms with Crippen molar-refractivity contribution in [1.29, 1.82) is 0 Å². The van der Waals surface area contributed by atoms with Crippen molar-refractivity contribution in [2.45, 2.75) is 58.3 Å². The van der Waals surface area contributed by atoms with Crippen LogP contribution in [0.5, 0.6) is 5.75 Å². The van der Waals surface area contributed by atoms with Gasteiger partial charge in [-0.3, -0.25) is 9.59 Å². The first-order valence-electron chi connectivity index (χ1n) is 8.84. The molecule has 4 rings (SSSR count). The lowest BCUT2D eigenvalue weighted by Gasteiger charge is -2.48. The van der Waals surface area contributed by atoms with Gasteiger partial charge in [-0.15, -0.1) is 0 Å². The summed E-state index contributed by atoms with van der Waals surface area (Å²) in [7, 11) is 0. The number of benzene rings is 1. The number of hydrogen-bond donors (Lipinski definition) is 0. The molecule has 1 aromatic rings. The lowest BCUT2D eigenvalue weighted by atomic mass is 9.55. The van der Waals surface area contributed by atoms with Crippen LogP contribution in [0.2, 0.25) is 0 Å². The molecule has 0 aliphatic heterocycles.